The van der Waals surface area contributed by atoms with Gasteiger partial charge in [0.15, 0.2) is 0 Å². The molecule has 1 aromatic rings. The van der Waals surface area contributed by atoms with Gasteiger partial charge >= 0.3 is 0 Å². The van der Waals surface area contributed by atoms with Crippen molar-refractivity contribution in [1.29, 1.82) is 0 Å². The number of nitro benzene ring substituents is 1. The second-order valence-corrected chi connectivity index (χ2v) is 4.15. The van der Waals surface area contributed by atoms with E-state index in [9.17, 15) is 15.2 Å². The quantitative estimate of drug-likeness (QED) is 0.598. The van der Waals surface area contributed by atoms with Gasteiger partial charge in [-0.25, -0.2) is 5.90 Å². The van der Waals surface area contributed by atoms with E-state index < -0.39 is 10.3 Å². The molecule has 1 aromatic carbocycles. The lowest BCUT2D eigenvalue weighted by Crippen LogP contribution is -2.27. The summed E-state index contributed by atoms with van der Waals surface area (Å²) in [6.45, 7) is 3.63. The highest BCUT2D eigenvalue weighted by Gasteiger charge is 2.29. The number of nitro groups is 1. The minimum Gasteiger partial charge on any atom is -0.508 e. The number of nitrogens with two attached hydrogens (primary N) is 1. The maximum Gasteiger partial charge on any atom is 0.273 e. The molecule has 0 aliphatic heterocycles. The minimum atomic E-state index is -0.643. The molecule has 1 rings (SSSR count). The van der Waals surface area contributed by atoms with Crippen LogP contribution in [0.3, 0.4) is 0 Å². The molecule has 88 valence electrons. The molecule has 0 aromatic heterocycles. The fourth-order valence-corrected chi connectivity index (χ4v) is 1.51. The molecule has 0 saturated carbocycles. The van der Waals surface area contributed by atoms with Crippen LogP contribution in [-0.4, -0.2) is 16.6 Å². The molecule has 0 saturated heterocycles. The molecule has 0 heterocycles. The third kappa shape index (κ3) is 2.47. The zero-order valence-corrected chi connectivity index (χ0v) is 9.14. The van der Waals surface area contributed by atoms with Gasteiger partial charge in [0, 0.05) is 17.0 Å². The SMILES string of the molecule is CC(C)(CON)c1cc(O)ccc1[N+](=O)[O-]. The Morgan fingerprint density at radius 3 is 2.69 bits per heavy atom. The van der Waals surface area contributed by atoms with E-state index in [4.69, 9.17) is 5.90 Å². The molecule has 0 fully saturated rings. The molecule has 6 nitrogen and oxygen atoms in total. The molecule has 0 spiro atoms. The first kappa shape index (κ1) is 12.4. The maximum atomic E-state index is 10.8. The highest BCUT2D eigenvalue weighted by Crippen LogP contribution is 2.34. The van der Waals surface area contributed by atoms with E-state index in [1.807, 2.05) is 0 Å². The minimum absolute atomic E-state index is 0.0225. The van der Waals surface area contributed by atoms with Gasteiger partial charge in [0.05, 0.1) is 11.5 Å². The van der Waals surface area contributed by atoms with E-state index in [1.165, 1.54) is 18.2 Å². The van der Waals surface area contributed by atoms with Gasteiger partial charge in [-0.1, -0.05) is 13.8 Å². The van der Waals surface area contributed by atoms with Crippen LogP contribution >= 0.6 is 0 Å². The van der Waals surface area contributed by atoms with Gasteiger partial charge < -0.3 is 9.94 Å². The molecule has 0 radical (unpaired) electrons. The molecule has 0 amide bonds. The Hall–Kier alpha value is -1.66. The van der Waals surface area contributed by atoms with Crippen LogP contribution < -0.4 is 5.90 Å². The van der Waals surface area contributed by atoms with Crippen molar-refractivity contribution in [2.24, 2.45) is 5.90 Å². The second kappa shape index (κ2) is 4.46. The predicted molar refractivity (Wildman–Crippen MR) is 57.9 cm³/mol. The summed E-state index contributed by atoms with van der Waals surface area (Å²) in [5, 5.41) is 20.2. The Morgan fingerprint density at radius 1 is 1.56 bits per heavy atom. The van der Waals surface area contributed by atoms with Crippen LogP contribution in [0.4, 0.5) is 5.69 Å². The number of hydrogen-bond acceptors (Lipinski definition) is 5. The van der Waals surface area contributed by atoms with Crippen LogP contribution in [0.25, 0.3) is 0 Å². The molecule has 16 heavy (non-hydrogen) atoms. The number of aromatic hydroxyl groups is 1. The van der Waals surface area contributed by atoms with E-state index in [0.717, 1.165) is 0 Å². The first-order valence-corrected chi connectivity index (χ1v) is 4.68. The van der Waals surface area contributed by atoms with Crippen molar-refractivity contribution in [2.45, 2.75) is 19.3 Å². The molecule has 6 heteroatoms. The highest BCUT2D eigenvalue weighted by molar-refractivity contribution is 5.48. The van der Waals surface area contributed by atoms with Gasteiger partial charge in [-0.3, -0.25) is 10.1 Å². The first-order valence-electron chi connectivity index (χ1n) is 4.68. The molecule has 3 N–H and O–H groups in total. The van der Waals surface area contributed by atoms with Crippen molar-refractivity contribution in [1.82, 2.24) is 0 Å². The van der Waals surface area contributed by atoms with Gasteiger partial charge in [-0.2, -0.15) is 0 Å². The van der Waals surface area contributed by atoms with Crippen LogP contribution in [0.1, 0.15) is 19.4 Å². The topological polar surface area (TPSA) is 98.6 Å². The largest absolute Gasteiger partial charge is 0.508 e. The van der Waals surface area contributed by atoms with Gasteiger partial charge in [0.25, 0.3) is 5.69 Å². The number of phenols is 1. The van der Waals surface area contributed by atoms with Gasteiger partial charge in [-0.15, -0.1) is 0 Å². The average molecular weight is 226 g/mol. The zero-order valence-electron chi connectivity index (χ0n) is 9.14. The fraction of sp³-hybridized carbons (Fsp3) is 0.400. The molecule has 0 unspecified atom stereocenters. The van der Waals surface area contributed by atoms with Crippen molar-refractivity contribution in [3.8, 4) is 5.75 Å². The van der Waals surface area contributed by atoms with Crippen LogP contribution in [-0.2, 0) is 10.3 Å². The summed E-state index contributed by atoms with van der Waals surface area (Å²) in [5.41, 5.74) is -0.307. The van der Waals surface area contributed by atoms with E-state index in [2.05, 4.69) is 4.84 Å². The Bertz CT molecular complexity index is 404. The number of benzene rings is 1. The predicted octanol–water partition coefficient (Wildman–Crippen LogP) is 1.47. The standard InChI is InChI=1S/C10H14N2O4/c1-10(2,6-16-11)8-5-7(13)3-4-9(8)12(14)15/h3-5,13H,6,11H2,1-2H3. The Kier molecular flexibility index (Phi) is 3.46. The third-order valence-corrected chi connectivity index (χ3v) is 2.35. The number of rotatable bonds is 4. The molecule has 0 bridgehead atoms. The summed E-state index contributed by atoms with van der Waals surface area (Å²) in [5.74, 6) is 4.96. The molecular weight excluding hydrogens is 212 g/mol. The number of phenolic OH excluding ortho intramolecular Hbond substituents is 1. The van der Waals surface area contributed by atoms with Crippen LogP contribution in [0.5, 0.6) is 5.75 Å². The van der Waals surface area contributed by atoms with Gasteiger partial charge in [0.1, 0.15) is 5.75 Å². The van der Waals surface area contributed by atoms with E-state index in [1.54, 1.807) is 13.8 Å². The van der Waals surface area contributed by atoms with Gasteiger partial charge in [-0.05, 0) is 12.1 Å². The molecular formula is C10H14N2O4. The Balaban J connectivity index is 3.29. The molecule has 0 aliphatic rings. The van der Waals surface area contributed by atoms with E-state index in [0.29, 0.717) is 5.56 Å². The summed E-state index contributed by atoms with van der Waals surface area (Å²) in [4.78, 5) is 14.9. The summed E-state index contributed by atoms with van der Waals surface area (Å²) in [7, 11) is 0. The van der Waals surface area contributed by atoms with Crippen molar-refractivity contribution < 1.29 is 14.9 Å². The van der Waals surface area contributed by atoms with Crippen LogP contribution in [0, 0.1) is 10.1 Å². The Labute approximate surface area is 92.7 Å². The summed E-state index contributed by atoms with van der Waals surface area (Å²) < 4.78 is 0. The van der Waals surface area contributed by atoms with Gasteiger partial charge in [0.2, 0.25) is 0 Å². The summed E-state index contributed by atoms with van der Waals surface area (Å²) in [6, 6.07) is 3.90. The van der Waals surface area contributed by atoms with Crippen molar-refractivity contribution in [3.05, 3.63) is 33.9 Å². The van der Waals surface area contributed by atoms with Crippen molar-refractivity contribution in [3.63, 3.8) is 0 Å². The Morgan fingerprint density at radius 2 is 2.19 bits per heavy atom. The lowest BCUT2D eigenvalue weighted by molar-refractivity contribution is -0.386. The number of nitrogens with zero attached hydrogens (tertiary/aromatic N) is 1. The van der Waals surface area contributed by atoms with Crippen molar-refractivity contribution in [2.75, 3.05) is 6.61 Å². The summed E-state index contributed by atoms with van der Waals surface area (Å²) >= 11 is 0. The average Bonchev–Trinajstić information content (AvgIpc) is 2.17. The third-order valence-electron chi connectivity index (χ3n) is 2.35. The monoisotopic (exact) mass is 226 g/mol. The second-order valence-electron chi connectivity index (χ2n) is 4.15. The highest BCUT2D eigenvalue weighted by atomic mass is 16.6. The molecule has 0 aliphatic carbocycles. The zero-order chi connectivity index (χ0) is 12.3. The molecule has 0 atom stereocenters. The smallest absolute Gasteiger partial charge is 0.273 e. The lowest BCUT2D eigenvalue weighted by Gasteiger charge is -2.23. The summed E-state index contributed by atoms with van der Waals surface area (Å²) in [6.07, 6.45) is 0. The van der Waals surface area contributed by atoms with E-state index in [-0.39, 0.29) is 18.0 Å². The van der Waals surface area contributed by atoms with Crippen LogP contribution in [0.2, 0.25) is 0 Å². The lowest BCUT2D eigenvalue weighted by atomic mass is 9.84. The first-order chi connectivity index (χ1) is 7.38. The van der Waals surface area contributed by atoms with Crippen molar-refractivity contribution >= 4 is 5.69 Å². The fourth-order valence-electron chi connectivity index (χ4n) is 1.51. The normalized spacial score (nSPS) is 11.4. The van der Waals surface area contributed by atoms with E-state index >= 15 is 0 Å². The van der Waals surface area contributed by atoms with Crippen LogP contribution in [0.15, 0.2) is 18.2 Å². The maximum absolute atomic E-state index is 10.8. The number of hydrogen-bond donors (Lipinski definition) is 2.